The predicted molar refractivity (Wildman–Crippen MR) is 126 cm³/mol. The van der Waals surface area contributed by atoms with Gasteiger partial charge in [0.15, 0.2) is 6.10 Å². The lowest BCUT2D eigenvalue weighted by molar-refractivity contribution is -0.163. The molecule has 0 radical (unpaired) electrons. The number of benzene rings is 1. The number of carbonyl (C=O) groups excluding carboxylic acids is 3. The number of hydrogen-bond acceptors (Lipinski definition) is 8. The van der Waals surface area contributed by atoms with Gasteiger partial charge in [0.1, 0.15) is 13.2 Å². The van der Waals surface area contributed by atoms with Crippen LogP contribution in [0.4, 0.5) is 0 Å². The Balaban J connectivity index is 0.000000691. The molecule has 0 fully saturated rings. The first-order valence-corrected chi connectivity index (χ1v) is 11.5. The summed E-state index contributed by atoms with van der Waals surface area (Å²) in [6, 6.07) is 3.20. The normalized spacial score (nSPS) is 10.1. The van der Waals surface area contributed by atoms with Crippen molar-refractivity contribution in [3.05, 3.63) is 34.4 Å². The third kappa shape index (κ3) is 13.1. The number of aromatic carboxylic acids is 2. The fourth-order valence-electron chi connectivity index (χ4n) is 3.13. The predicted octanol–water partition coefficient (Wildman–Crippen LogP) is 3.81. The number of carboxylic acid groups (broad SMARTS) is 2. The molecule has 1 aromatic rings. The number of hydrogen-bond donors (Lipinski definition) is 2. The molecule has 0 bridgehead atoms. The lowest BCUT2D eigenvalue weighted by Gasteiger charge is -2.15. The number of unbranched alkanes of at least 4 members (excludes halogenated alkanes) is 2. The highest BCUT2D eigenvalue weighted by Crippen LogP contribution is 2.24. The number of ether oxygens (including phenoxy) is 3. The van der Waals surface area contributed by atoms with Gasteiger partial charge in [-0.2, -0.15) is 0 Å². The summed E-state index contributed by atoms with van der Waals surface area (Å²) in [5.74, 6) is -3.83. The quantitative estimate of drug-likeness (QED) is 0.304. The van der Waals surface area contributed by atoms with Crippen molar-refractivity contribution in [2.75, 3.05) is 13.2 Å². The van der Waals surface area contributed by atoms with E-state index in [1.165, 1.54) is 26.8 Å². The van der Waals surface area contributed by atoms with Crippen LogP contribution in [0.5, 0.6) is 0 Å². The Morgan fingerprint density at radius 3 is 1.69 bits per heavy atom. The first-order chi connectivity index (χ1) is 16.4. The standard InChI is InChI=1S/C16H22O4.C9H14O6/c1-3-5-7-11-9-10-13(15(17)18)14(16(19)20)12(11)8-6-4-2;1-6(10)13-4-9(15-8(3)12)5-14-7(2)11/h9-10H,3-8H2,1-2H3,(H,17,18)(H,19,20);9H,4-5H2,1-3H3. The highest BCUT2D eigenvalue weighted by atomic mass is 16.6. The molecule has 0 amide bonds. The van der Waals surface area contributed by atoms with E-state index in [-0.39, 0.29) is 24.3 Å². The minimum atomic E-state index is -1.18. The second-order valence-corrected chi connectivity index (χ2v) is 7.78. The Morgan fingerprint density at radius 2 is 1.29 bits per heavy atom. The average Bonchev–Trinajstić information content (AvgIpc) is 2.77. The van der Waals surface area contributed by atoms with Crippen LogP contribution >= 0.6 is 0 Å². The van der Waals surface area contributed by atoms with E-state index in [1.54, 1.807) is 6.07 Å². The third-order valence-corrected chi connectivity index (χ3v) is 4.71. The maximum Gasteiger partial charge on any atom is 0.336 e. The number of rotatable bonds is 13. The zero-order valence-electron chi connectivity index (χ0n) is 21.0. The molecule has 35 heavy (non-hydrogen) atoms. The van der Waals surface area contributed by atoms with Crippen LogP contribution in [0.2, 0.25) is 0 Å². The third-order valence-electron chi connectivity index (χ3n) is 4.71. The summed E-state index contributed by atoms with van der Waals surface area (Å²) < 4.78 is 14.0. The van der Waals surface area contributed by atoms with Crippen LogP contribution in [0.25, 0.3) is 0 Å². The highest BCUT2D eigenvalue weighted by Gasteiger charge is 2.22. The molecule has 1 aromatic carbocycles. The number of aryl methyl sites for hydroxylation is 1. The Morgan fingerprint density at radius 1 is 0.771 bits per heavy atom. The molecule has 10 heteroatoms. The van der Waals surface area contributed by atoms with Crippen LogP contribution in [-0.4, -0.2) is 59.4 Å². The molecule has 0 atom stereocenters. The summed E-state index contributed by atoms with van der Waals surface area (Å²) in [5.41, 5.74) is 1.54. The molecule has 0 aliphatic heterocycles. The molecule has 0 aliphatic rings. The van der Waals surface area contributed by atoms with Crippen molar-refractivity contribution in [1.29, 1.82) is 0 Å². The first-order valence-electron chi connectivity index (χ1n) is 11.5. The summed E-state index contributed by atoms with van der Waals surface area (Å²) in [7, 11) is 0. The smallest absolute Gasteiger partial charge is 0.336 e. The van der Waals surface area contributed by atoms with E-state index in [4.69, 9.17) is 9.84 Å². The van der Waals surface area contributed by atoms with Crippen LogP contribution < -0.4 is 0 Å². The van der Waals surface area contributed by atoms with Crippen LogP contribution in [0.3, 0.4) is 0 Å². The molecular weight excluding hydrogens is 460 g/mol. The van der Waals surface area contributed by atoms with Crippen molar-refractivity contribution in [3.63, 3.8) is 0 Å². The maximum absolute atomic E-state index is 11.5. The van der Waals surface area contributed by atoms with Gasteiger partial charge in [0.05, 0.1) is 11.1 Å². The van der Waals surface area contributed by atoms with E-state index in [1.807, 2.05) is 6.92 Å². The van der Waals surface area contributed by atoms with E-state index >= 15 is 0 Å². The van der Waals surface area contributed by atoms with Crippen molar-refractivity contribution in [2.24, 2.45) is 0 Å². The molecule has 0 saturated heterocycles. The van der Waals surface area contributed by atoms with Gasteiger partial charge < -0.3 is 24.4 Å². The van der Waals surface area contributed by atoms with Crippen LogP contribution in [-0.2, 0) is 41.4 Å². The van der Waals surface area contributed by atoms with Crippen LogP contribution in [0.1, 0.15) is 92.1 Å². The Labute approximate surface area is 205 Å². The van der Waals surface area contributed by atoms with Crippen LogP contribution in [0, 0.1) is 0 Å². The highest BCUT2D eigenvalue weighted by molar-refractivity contribution is 6.03. The van der Waals surface area contributed by atoms with Crippen molar-refractivity contribution < 1.29 is 48.4 Å². The van der Waals surface area contributed by atoms with Gasteiger partial charge in [0, 0.05) is 20.8 Å². The van der Waals surface area contributed by atoms with Gasteiger partial charge in [-0.05, 0) is 42.9 Å². The molecule has 196 valence electrons. The van der Waals surface area contributed by atoms with E-state index in [0.29, 0.717) is 12.0 Å². The molecular formula is C25H36O10. The van der Waals surface area contributed by atoms with Crippen LogP contribution in [0.15, 0.2) is 12.1 Å². The molecule has 0 saturated carbocycles. The van der Waals surface area contributed by atoms with E-state index < -0.39 is 36.0 Å². The lowest BCUT2D eigenvalue weighted by atomic mass is 9.90. The van der Waals surface area contributed by atoms with E-state index in [9.17, 15) is 29.1 Å². The van der Waals surface area contributed by atoms with Gasteiger partial charge in [-0.25, -0.2) is 9.59 Å². The average molecular weight is 497 g/mol. The minimum Gasteiger partial charge on any atom is -0.478 e. The molecule has 1 rings (SSSR count). The summed E-state index contributed by atoms with van der Waals surface area (Å²) in [6.45, 7) is 7.55. The monoisotopic (exact) mass is 496 g/mol. The lowest BCUT2D eigenvalue weighted by Crippen LogP contribution is -2.29. The molecule has 0 aromatic heterocycles. The first kappa shape index (κ1) is 31.6. The zero-order chi connectivity index (χ0) is 27.0. The van der Waals surface area contributed by atoms with E-state index in [2.05, 4.69) is 16.4 Å². The topological polar surface area (TPSA) is 154 Å². The summed E-state index contributed by atoms with van der Waals surface area (Å²) >= 11 is 0. The maximum atomic E-state index is 11.5. The second kappa shape index (κ2) is 17.1. The fourth-order valence-corrected chi connectivity index (χ4v) is 3.13. The molecule has 0 aliphatic carbocycles. The number of carboxylic acids is 2. The van der Waals surface area contributed by atoms with Crippen molar-refractivity contribution in [3.8, 4) is 0 Å². The van der Waals surface area contributed by atoms with Gasteiger partial charge in [0.2, 0.25) is 0 Å². The summed E-state index contributed by atoms with van der Waals surface area (Å²) in [5, 5.41) is 18.5. The Bertz CT molecular complexity index is 857. The fraction of sp³-hybridized carbons (Fsp3) is 0.560. The van der Waals surface area contributed by atoms with Gasteiger partial charge >= 0.3 is 29.8 Å². The zero-order valence-corrected chi connectivity index (χ0v) is 21.0. The number of carbonyl (C=O) groups is 5. The minimum absolute atomic E-state index is 0.0282. The second-order valence-electron chi connectivity index (χ2n) is 7.78. The Hall–Kier alpha value is -3.43. The summed E-state index contributed by atoms with van der Waals surface area (Å²) in [4.78, 5) is 54.3. The van der Waals surface area contributed by atoms with Gasteiger partial charge in [-0.3, -0.25) is 14.4 Å². The molecule has 0 heterocycles. The van der Waals surface area contributed by atoms with Crippen molar-refractivity contribution in [2.45, 2.75) is 79.2 Å². The Kier molecular flexibility index (Phi) is 15.4. The summed E-state index contributed by atoms with van der Waals surface area (Å²) in [6.07, 6.45) is 4.48. The SMILES string of the molecule is CC(=O)OCC(COC(C)=O)OC(C)=O.CCCCc1ccc(C(=O)O)c(C(=O)O)c1CCCC. The molecule has 0 spiro atoms. The molecule has 10 nitrogen and oxygen atoms in total. The van der Waals surface area contributed by atoms with Gasteiger partial charge in [-0.1, -0.05) is 32.8 Å². The van der Waals surface area contributed by atoms with Gasteiger partial charge in [-0.15, -0.1) is 0 Å². The molecule has 2 N–H and O–H groups in total. The van der Waals surface area contributed by atoms with Crippen molar-refractivity contribution >= 4 is 29.8 Å². The molecule has 0 unspecified atom stereocenters. The van der Waals surface area contributed by atoms with Gasteiger partial charge in [0.25, 0.3) is 0 Å². The van der Waals surface area contributed by atoms with E-state index in [0.717, 1.165) is 37.7 Å². The van der Waals surface area contributed by atoms with Crippen molar-refractivity contribution in [1.82, 2.24) is 0 Å². The largest absolute Gasteiger partial charge is 0.478 e. The number of esters is 3.